The van der Waals surface area contributed by atoms with Crippen molar-refractivity contribution >= 4 is 25.0 Å². The maximum atomic E-state index is 2.44. The Morgan fingerprint density at radius 3 is 2.29 bits per heavy atom. The Morgan fingerprint density at radius 2 is 1.86 bits per heavy atom. The van der Waals surface area contributed by atoms with Crippen molar-refractivity contribution in [3.8, 4) is 0 Å². The fourth-order valence-corrected chi connectivity index (χ4v) is 4.68. The van der Waals surface area contributed by atoms with Gasteiger partial charge in [-0.25, -0.2) is 0 Å². The van der Waals surface area contributed by atoms with Gasteiger partial charge in [0.05, 0.1) is 0 Å². The molecule has 0 aromatic heterocycles. The van der Waals surface area contributed by atoms with Gasteiger partial charge in [0.2, 0.25) is 0 Å². The molecule has 0 N–H and O–H groups in total. The van der Waals surface area contributed by atoms with Crippen molar-refractivity contribution < 1.29 is 0 Å². The summed E-state index contributed by atoms with van der Waals surface area (Å²) in [5, 5.41) is 0. The average Bonchev–Trinajstić information content (AvgIpc) is 2.07. The molecular weight excluding hydrogens is 367 g/mol. The van der Waals surface area contributed by atoms with E-state index in [0.29, 0.717) is 0 Å². The summed E-state index contributed by atoms with van der Waals surface area (Å²) in [6, 6.07) is 7.04. The van der Waals surface area contributed by atoms with Crippen molar-refractivity contribution in [2.45, 2.75) is 22.7 Å². The summed E-state index contributed by atoms with van der Waals surface area (Å²) < 4.78 is 6.52. The van der Waals surface area contributed by atoms with E-state index in [1.54, 1.807) is 3.27 Å². The Balaban J connectivity index is 2.90. The minimum atomic E-state index is -1.21. The molecule has 0 aliphatic heterocycles. The summed E-state index contributed by atoms with van der Waals surface area (Å²) in [7, 11) is 4.24. The first-order valence-electron chi connectivity index (χ1n) is 4.92. The molecule has 0 radical (unpaired) electrons. The third-order valence-corrected chi connectivity index (χ3v) is 7.43. The summed E-state index contributed by atoms with van der Waals surface area (Å²) in [5.74, 6) is 0. The quantitative estimate of drug-likeness (QED) is 0.718. The maximum absolute atomic E-state index is 2.44. The molecule has 78 valence electrons. The Labute approximate surface area is 95.8 Å². The third-order valence-electron chi connectivity index (χ3n) is 2.33. The fourth-order valence-electron chi connectivity index (χ4n) is 1.48. The Kier molecular flexibility index (Phi) is 4.53. The van der Waals surface area contributed by atoms with Crippen molar-refractivity contribution in [2.24, 2.45) is 0 Å². The number of hydrogen-bond donors (Lipinski definition) is 0. The second-order valence-electron chi connectivity index (χ2n) is 4.24. The van der Waals surface area contributed by atoms with Crippen LogP contribution in [-0.4, -0.2) is 40.7 Å². The van der Waals surface area contributed by atoms with Crippen LogP contribution in [0.5, 0.6) is 0 Å². The summed E-state index contributed by atoms with van der Waals surface area (Å²) in [6.07, 6.45) is 0. The molecule has 2 heteroatoms. The number of aryl methyl sites for hydroxylation is 1. The van der Waals surface area contributed by atoms with E-state index in [9.17, 15) is 0 Å². The summed E-state index contributed by atoms with van der Waals surface area (Å²) in [4.78, 5) is 2.22. The van der Waals surface area contributed by atoms with Gasteiger partial charge in [0, 0.05) is 0 Å². The molecular formula is C12H20BiN. The number of rotatable bonds is 3. The topological polar surface area (TPSA) is 3.24 Å². The van der Waals surface area contributed by atoms with Gasteiger partial charge in [0.1, 0.15) is 0 Å². The summed E-state index contributed by atoms with van der Waals surface area (Å²) in [5.41, 5.74) is 2.92. The third kappa shape index (κ3) is 3.33. The molecule has 0 amide bonds. The Morgan fingerprint density at radius 1 is 1.21 bits per heavy atom. The molecule has 1 nitrogen and oxygen atoms in total. The monoisotopic (exact) mass is 387 g/mol. The van der Waals surface area contributed by atoms with Crippen molar-refractivity contribution in [1.82, 2.24) is 4.90 Å². The van der Waals surface area contributed by atoms with E-state index in [0.717, 1.165) is 6.54 Å². The first kappa shape index (κ1) is 12.1. The molecule has 0 atom stereocenters. The Hall–Kier alpha value is 0.0631. The number of nitrogens with zero attached hydrogens (tertiary/aromatic N) is 1. The van der Waals surface area contributed by atoms with E-state index in [4.69, 9.17) is 0 Å². The van der Waals surface area contributed by atoms with E-state index in [1.165, 1.54) is 11.1 Å². The molecule has 14 heavy (non-hydrogen) atoms. The zero-order valence-electron chi connectivity index (χ0n) is 9.83. The van der Waals surface area contributed by atoms with E-state index < -0.39 is 21.8 Å². The van der Waals surface area contributed by atoms with Crippen LogP contribution >= 0.6 is 0 Å². The van der Waals surface area contributed by atoms with Crippen molar-refractivity contribution in [2.75, 3.05) is 14.1 Å². The van der Waals surface area contributed by atoms with Crippen LogP contribution in [0, 0.1) is 6.92 Å². The zero-order valence-corrected chi connectivity index (χ0v) is 13.3. The van der Waals surface area contributed by atoms with Crippen molar-refractivity contribution in [3.63, 3.8) is 0 Å². The van der Waals surface area contributed by atoms with Crippen molar-refractivity contribution in [3.05, 3.63) is 29.3 Å². The molecule has 0 fully saturated rings. The van der Waals surface area contributed by atoms with Gasteiger partial charge in [-0.3, -0.25) is 0 Å². The number of benzene rings is 1. The SMILES string of the molecule is Cc1c[c]([Bi]([CH3])[CH3])ccc1CN(C)C. The van der Waals surface area contributed by atoms with Gasteiger partial charge in [-0.05, 0) is 0 Å². The van der Waals surface area contributed by atoms with Crippen LogP contribution in [0.3, 0.4) is 0 Å². The van der Waals surface area contributed by atoms with Gasteiger partial charge < -0.3 is 0 Å². The van der Waals surface area contributed by atoms with Crippen LogP contribution in [0.25, 0.3) is 0 Å². The van der Waals surface area contributed by atoms with Gasteiger partial charge in [0.15, 0.2) is 0 Å². The van der Waals surface area contributed by atoms with Crippen molar-refractivity contribution in [1.29, 1.82) is 0 Å². The molecule has 0 unspecified atom stereocenters. The van der Waals surface area contributed by atoms with Crippen LogP contribution in [0.1, 0.15) is 11.1 Å². The average molecular weight is 387 g/mol. The second kappa shape index (κ2) is 5.23. The van der Waals surface area contributed by atoms with Gasteiger partial charge in [0.25, 0.3) is 0 Å². The van der Waals surface area contributed by atoms with E-state index in [1.807, 2.05) is 0 Å². The zero-order chi connectivity index (χ0) is 10.7. The molecule has 1 aromatic rings. The number of hydrogen-bond acceptors (Lipinski definition) is 1. The van der Waals surface area contributed by atoms with Gasteiger partial charge >= 0.3 is 96.1 Å². The fraction of sp³-hybridized carbons (Fsp3) is 0.500. The predicted octanol–water partition coefficient (Wildman–Crippen LogP) is 2.02. The molecule has 0 heterocycles. The summed E-state index contributed by atoms with van der Waals surface area (Å²) in [6.45, 7) is 3.29. The first-order chi connectivity index (χ1) is 6.50. The van der Waals surface area contributed by atoms with Crippen LogP contribution in [0.4, 0.5) is 0 Å². The Bertz CT molecular complexity index is 305. The molecule has 0 spiro atoms. The molecule has 1 rings (SSSR count). The van der Waals surface area contributed by atoms with E-state index >= 15 is 0 Å². The van der Waals surface area contributed by atoms with Gasteiger partial charge in [-0.1, -0.05) is 0 Å². The first-order valence-corrected chi connectivity index (χ1v) is 13.6. The molecule has 1 aromatic carbocycles. The normalized spacial score (nSPS) is 11.4. The predicted molar refractivity (Wildman–Crippen MR) is 65.7 cm³/mol. The van der Waals surface area contributed by atoms with Gasteiger partial charge in [-0.2, -0.15) is 0 Å². The second-order valence-corrected chi connectivity index (χ2v) is 13.2. The summed E-state index contributed by atoms with van der Waals surface area (Å²) >= 11 is -1.21. The minimum absolute atomic E-state index is 1.05. The standard InChI is InChI=1S/C10H14N.2CH3.Bi/c1-9-6-4-5-7-10(9)8-11(2)3;;;/h5-7H,8H2,1-3H3;2*1H3;. The van der Waals surface area contributed by atoms with Crippen LogP contribution in [-0.2, 0) is 6.54 Å². The van der Waals surface area contributed by atoms with Crippen LogP contribution in [0.15, 0.2) is 18.2 Å². The molecule has 0 aliphatic carbocycles. The van der Waals surface area contributed by atoms with E-state index in [-0.39, 0.29) is 0 Å². The molecule has 0 saturated carbocycles. The molecule has 0 saturated heterocycles. The van der Waals surface area contributed by atoms with Crippen LogP contribution in [0.2, 0.25) is 9.26 Å². The van der Waals surface area contributed by atoms with Crippen LogP contribution < -0.4 is 3.27 Å². The van der Waals surface area contributed by atoms with Gasteiger partial charge in [-0.15, -0.1) is 0 Å². The van der Waals surface area contributed by atoms with E-state index in [2.05, 4.69) is 53.4 Å². The molecule has 0 aliphatic rings. The molecule has 0 bridgehead atoms.